The van der Waals surface area contributed by atoms with E-state index in [4.69, 9.17) is 24.5 Å². The summed E-state index contributed by atoms with van der Waals surface area (Å²) in [5, 5.41) is 8.32. The van der Waals surface area contributed by atoms with Gasteiger partial charge in [0, 0.05) is 38.2 Å². The third kappa shape index (κ3) is 3.66. The second-order valence-electron chi connectivity index (χ2n) is 7.76. The number of nitrogens with zero attached hydrogens (tertiary/aromatic N) is 5. The summed E-state index contributed by atoms with van der Waals surface area (Å²) in [6.45, 7) is 5.51. The molecule has 0 amide bonds. The first-order chi connectivity index (χ1) is 13.4. The molecule has 2 aromatic heterocycles. The van der Waals surface area contributed by atoms with Gasteiger partial charge in [-0.15, -0.1) is 0 Å². The van der Waals surface area contributed by atoms with Crippen molar-refractivity contribution in [2.45, 2.75) is 57.2 Å². The molecule has 2 fully saturated rings. The van der Waals surface area contributed by atoms with Crippen molar-refractivity contribution in [3.8, 4) is 11.5 Å². The van der Waals surface area contributed by atoms with E-state index in [-0.39, 0.29) is 6.10 Å². The Hall–Kier alpha value is -1.77. The normalized spacial score (nSPS) is 24.1. The van der Waals surface area contributed by atoms with Gasteiger partial charge < -0.3 is 19.4 Å². The van der Waals surface area contributed by atoms with Gasteiger partial charge in [-0.3, -0.25) is 0 Å². The fraction of sp³-hybridized carbons (Fsp3) is 0.737. The van der Waals surface area contributed by atoms with Gasteiger partial charge in [-0.05, 0) is 12.8 Å². The third-order valence-electron chi connectivity index (χ3n) is 5.81. The van der Waals surface area contributed by atoms with E-state index in [1.165, 1.54) is 25.7 Å². The fourth-order valence-electron chi connectivity index (χ4n) is 4.35. The molecule has 0 spiro atoms. The molecular weight excluding hydrogens is 344 g/mol. The predicted molar refractivity (Wildman–Crippen MR) is 99.6 cm³/mol. The second kappa shape index (κ2) is 7.69. The highest BCUT2D eigenvalue weighted by Gasteiger charge is 2.26. The molecule has 1 aliphatic carbocycles. The van der Waals surface area contributed by atoms with E-state index in [1.807, 2.05) is 4.68 Å². The molecule has 1 N–H and O–H groups in total. The van der Waals surface area contributed by atoms with Crippen LogP contribution in [0, 0.1) is 0 Å². The van der Waals surface area contributed by atoms with E-state index in [2.05, 4.69) is 16.1 Å². The van der Waals surface area contributed by atoms with Crippen molar-refractivity contribution in [3.63, 3.8) is 0 Å². The van der Waals surface area contributed by atoms with E-state index in [9.17, 15) is 0 Å². The highest BCUT2D eigenvalue weighted by Crippen LogP contribution is 2.33. The predicted octanol–water partition coefficient (Wildman–Crippen LogP) is 1.36. The lowest BCUT2D eigenvalue weighted by molar-refractivity contribution is -0.0945. The first kappa shape index (κ1) is 17.3. The summed E-state index contributed by atoms with van der Waals surface area (Å²) in [5.74, 6) is 3.46. The van der Waals surface area contributed by atoms with E-state index in [1.54, 1.807) is 0 Å². The number of nitrogens with one attached hydrogen (secondary N) is 1. The minimum Gasteiger partial charge on any atom is -0.376 e. The molecule has 3 aliphatic rings. The first-order valence-corrected chi connectivity index (χ1v) is 10.3. The summed E-state index contributed by atoms with van der Waals surface area (Å²) in [4.78, 5) is 9.86. The van der Waals surface area contributed by atoms with Crippen molar-refractivity contribution in [2.75, 3.05) is 32.9 Å². The Bertz CT molecular complexity index is 750. The molecule has 0 bridgehead atoms. The van der Waals surface area contributed by atoms with Crippen molar-refractivity contribution in [2.24, 2.45) is 0 Å². The Morgan fingerprint density at radius 1 is 1.15 bits per heavy atom. The van der Waals surface area contributed by atoms with Crippen LogP contribution in [0.1, 0.15) is 43.3 Å². The van der Waals surface area contributed by atoms with Crippen LogP contribution in [0.5, 0.6) is 0 Å². The number of hydrogen-bond acceptors (Lipinski definition) is 6. The maximum atomic E-state index is 5.86. The van der Waals surface area contributed by atoms with Crippen LogP contribution in [0.15, 0.2) is 6.20 Å². The fourth-order valence-corrected chi connectivity index (χ4v) is 4.35. The van der Waals surface area contributed by atoms with Crippen LogP contribution in [-0.2, 0) is 29.0 Å². The van der Waals surface area contributed by atoms with Gasteiger partial charge in [0.2, 0.25) is 0 Å². The number of rotatable bonds is 4. The Labute approximate surface area is 159 Å². The summed E-state index contributed by atoms with van der Waals surface area (Å²) >= 11 is 0. The lowest BCUT2D eigenvalue weighted by Crippen LogP contribution is -2.32. The second-order valence-corrected chi connectivity index (χ2v) is 7.76. The molecule has 2 aliphatic heterocycles. The number of fused-ring (bicyclic) bond motifs is 1. The monoisotopic (exact) mass is 372 g/mol. The molecule has 146 valence electrons. The van der Waals surface area contributed by atoms with E-state index < -0.39 is 0 Å². The highest BCUT2D eigenvalue weighted by molar-refractivity contribution is 5.49. The van der Waals surface area contributed by atoms with Crippen LogP contribution < -0.4 is 5.32 Å². The van der Waals surface area contributed by atoms with Crippen LogP contribution in [0.3, 0.4) is 0 Å². The first-order valence-electron chi connectivity index (χ1n) is 10.3. The van der Waals surface area contributed by atoms with Gasteiger partial charge in [0.05, 0.1) is 26.4 Å². The lowest BCUT2D eigenvalue weighted by Gasteiger charge is -2.23. The van der Waals surface area contributed by atoms with Gasteiger partial charge in [0.15, 0.2) is 11.6 Å². The Kier molecular flexibility index (Phi) is 4.94. The minimum atomic E-state index is 0.0280. The maximum absolute atomic E-state index is 5.86. The van der Waals surface area contributed by atoms with E-state index in [0.717, 1.165) is 49.2 Å². The zero-order chi connectivity index (χ0) is 18.1. The molecule has 0 radical (unpaired) electrons. The van der Waals surface area contributed by atoms with Gasteiger partial charge >= 0.3 is 0 Å². The zero-order valence-corrected chi connectivity index (χ0v) is 15.8. The molecular formula is C19H28N6O2. The smallest absolute Gasteiger partial charge is 0.178 e. The van der Waals surface area contributed by atoms with Gasteiger partial charge in [-0.25, -0.2) is 14.6 Å². The summed E-state index contributed by atoms with van der Waals surface area (Å²) in [5.41, 5.74) is 0.931. The van der Waals surface area contributed by atoms with Crippen LogP contribution in [0.2, 0.25) is 0 Å². The summed E-state index contributed by atoms with van der Waals surface area (Å²) in [6, 6.07) is 0. The largest absolute Gasteiger partial charge is 0.376 e. The van der Waals surface area contributed by atoms with Crippen LogP contribution in [0.4, 0.5) is 0 Å². The number of imidazole rings is 1. The zero-order valence-electron chi connectivity index (χ0n) is 15.8. The molecule has 4 heterocycles. The summed E-state index contributed by atoms with van der Waals surface area (Å²) in [7, 11) is 0. The van der Waals surface area contributed by atoms with Crippen molar-refractivity contribution in [1.82, 2.24) is 29.6 Å². The SMILES string of the molecule is c1c(-c2nc(C3CCCC3)nn2CC2COCCO2)nc2n1CCNCC2. The topological polar surface area (TPSA) is 79.0 Å². The van der Waals surface area contributed by atoms with Crippen LogP contribution >= 0.6 is 0 Å². The van der Waals surface area contributed by atoms with Gasteiger partial charge in [-0.2, -0.15) is 5.10 Å². The minimum absolute atomic E-state index is 0.0280. The molecule has 1 atom stereocenters. The number of ether oxygens (including phenoxy) is 2. The third-order valence-corrected chi connectivity index (χ3v) is 5.81. The molecule has 8 nitrogen and oxygen atoms in total. The number of aromatic nitrogens is 5. The molecule has 27 heavy (non-hydrogen) atoms. The van der Waals surface area contributed by atoms with Crippen molar-refractivity contribution < 1.29 is 9.47 Å². The molecule has 5 rings (SSSR count). The maximum Gasteiger partial charge on any atom is 0.178 e. The van der Waals surface area contributed by atoms with Crippen molar-refractivity contribution in [3.05, 3.63) is 17.8 Å². The Morgan fingerprint density at radius 3 is 2.93 bits per heavy atom. The quantitative estimate of drug-likeness (QED) is 0.873. The lowest BCUT2D eigenvalue weighted by atomic mass is 10.1. The molecule has 1 saturated heterocycles. The summed E-state index contributed by atoms with van der Waals surface area (Å²) < 4.78 is 15.7. The van der Waals surface area contributed by atoms with E-state index in [0.29, 0.717) is 32.3 Å². The van der Waals surface area contributed by atoms with Gasteiger partial charge in [0.25, 0.3) is 0 Å². The van der Waals surface area contributed by atoms with E-state index >= 15 is 0 Å². The Balaban J connectivity index is 1.47. The van der Waals surface area contributed by atoms with Crippen molar-refractivity contribution in [1.29, 1.82) is 0 Å². The number of hydrogen-bond donors (Lipinski definition) is 1. The Morgan fingerprint density at radius 2 is 2.07 bits per heavy atom. The van der Waals surface area contributed by atoms with Crippen LogP contribution in [0.25, 0.3) is 11.5 Å². The molecule has 8 heteroatoms. The summed E-state index contributed by atoms with van der Waals surface area (Å²) in [6.07, 6.45) is 8.05. The van der Waals surface area contributed by atoms with Crippen molar-refractivity contribution >= 4 is 0 Å². The molecule has 0 aromatic carbocycles. The molecule has 1 saturated carbocycles. The molecule has 2 aromatic rings. The van der Waals surface area contributed by atoms with Crippen LogP contribution in [-0.4, -0.2) is 63.3 Å². The average Bonchev–Trinajstić information content (AvgIpc) is 3.40. The standard InChI is InChI=1S/C19H28N6O2/c1-2-4-14(3-1)18-22-19(25(23-18)11-15-13-26-9-10-27-15)16-12-24-8-7-20-6-5-17(24)21-16/h12,14-15,20H,1-11,13H2. The van der Waals surface area contributed by atoms with Gasteiger partial charge in [0.1, 0.15) is 17.6 Å². The average molecular weight is 372 g/mol. The van der Waals surface area contributed by atoms with Gasteiger partial charge in [-0.1, -0.05) is 12.8 Å². The molecule has 1 unspecified atom stereocenters. The highest BCUT2D eigenvalue weighted by atomic mass is 16.6.